The molecule has 0 bridgehead atoms. The fourth-order valence-electron chi connectivity index (χ4n) is 4.44. The average molecular weight is 224 g/mol. The summed E-state index contributed by atoms with van der Waals surface area (Å²) >= 11 is 0. The molecule has 1 saturated carbocycles. The van der Waals surface area contributed by atoms with Gasteiger partial charge in [-0.3, -0.25) is 0 Å². The van der Waals surface area contributed by atoms with Crippen LogP contribution in [0.2, 0.25) is 0 Å². The molecule has 0 unspecified atom stereocenters. The summed E-state index contributed by atoms with van der Waals surface area (Å²) in [7, 11) is 0. The lowest BCUT2D eigenvalue weighted by molar-refractivity contribution is -0.122. The molecule has 16 heavy (non-hydrogen) atoms. The Morgan fingerprint density at radius 3 is 0.562 bits per heavy atom. The number of rotatable bonds is 4. The Balaban J connectivity index is 2.89. The quantitative estimate of drug-likeness (QED) is 0.624. The molecule has 0 N–H and O–H groups in total. The van der Waals surface area contributed by atoms with E-state index in [0.717, 1.165) is 47.3 Å². The van der Waals surface area contributed by atoms with Crippen LogP contribution in [0.4, 0.5) is 0 Å². The summed E-state index contributed by atoms with van der Waals surface area (Å²) in [6.07, 6.45) is 0. The standard InChI is InChI=1S/C16H32/c1-9(2)13-14(10(3)4)16(12(7)8)15(13)11(5)6/h9-16H,1-8H3. The minimum atomic E-state index is 0.856. The molecular formula is C16H32. The van der Waals surface area contributed by atoms with Gasteiger partial charge < -0.3 is 0 Å². The second-order valence-electron chi connectivity index (χ2n) is 7.29. The van der Waals surface area contributed by atoms with Crippen LogP contribution in [0.25, 0.3) is 0 Å². The monoisotopic (exact) mass is 224 g/mol. The Morgan fingerprint density at radius 1 is 0.375 bits per heavy atom. The van der Waals surface area contributed by atoms with E-state index in [4.69, 9.17) is 0 Å². The maximum atomic E-state index is 2.42. The van der Waals surface area contributed by atoms with Gasteiger partial charge in [0.15, 0.2) is 0 Å². The summed E-state index contributed by atoms with van der Waals surface area (Å²) in [6, 6.07) is 0. The van der Waals surface area contributed by atoms with E-state index in [2.05, 4.69) is 55.4 Å². The molecule has 1 aliphatic carbocycles. The molecule has 96 valence electrons. The van der Waals surface area contributed by atoms with Gasteiger partial charge in [-0.25, -0.2) is 0 Å². The second-order valence-corrected chi connectivity index (χ2v) is 7.29. The van der Waals surface area contributed by atoms with E-state index in [1.54, 1.807) is 0 Å². The highest BCUT2D eigenvalue weighted by atomic mass is 14.6. The van der Waals surface area contributed by atoms with Gasteiger partial charge in [-0.1, -0.05) is 55.4 Å². The van der Waals surface area contributed by atoms with Crippen LogP contribution in [-0.4, -0.2) is 0 Å². The van der Waals surface area contributed by atoms with Crippen molar-refractivity contribution in [3.63, 3.8) is 0 Å². The van der Waals surface area contributed by atoms with Gasteiger partial charge in [-0.05, 0) is 47.3 Å². The lowest BCUT2D eigenvalue weighted by Gasteiger charge is -2.60. The third-order valence-corrected chi connectivity index (χ3v) is 4.86. The minimum Gasteiger partial charge on any atom is -0.0625 e. The van der Waals surface area contributed by atoms with Crippen molar-refractivity contribution >= 4 is 0 Å². The van der Waals surface area contributed by atoms with Crippen LogP contribution in [0.3, 0.4) is 0 Å². The van der Waals surface area contributed by atoms with Gasteiger partial charge in [0, 0.05) is 0 Å². The van der Waals surface area contributed by atoms with Crippen LogP contribution in [0.15, 0.2) is 0 Å². The molecule has 0 aromatic heterocycles. The van der Waals surface area contributed by atoms with Crippen LogP contribution >= 0.6 is 0 Å². The first-order valence-corrected chi connectivity index (χ1v) is 7.29. The zero-order chi connectivity index (χ0) is 12.6. The molecule has 1 rings (SSSR count). The number of hydrogen-bond donors (Lipinski definition) is 0. The SMILES string of the molecule is CC(C)C1C(C(C)C)C(C(C)C)C1C(C)C. The van der Waals surface area contributed by atoms with Gasteiger partial charge in [0.1, 0.15) is 0 Å². The second kappa shape index (κ2) is 5.10. The van der Waals surface area contributed by atoms with Crippen molar-refractivity contribution in [2.75, 3.05) is 0 Å². The van der Waals surface area contributed by atoms with E-state index in [1.807, 2.05) is 0 Å². The van der Waals surface area contributed by atoms with Crippen molar-refractivity contribution in [1.82, 2.24) is 0 Å². The molecule has 1 fully saturated rings. The van der Waals surface area contributed by atoms with Gasteiger partial charge in [-0.2, -0.15) is 0 Å². The van der Waals surface area contributed by atoms with Gasteiger partial charge in [0.25, 0.3) is 0 Å². The van der Waals surface area contributed by atoms with Gasteiger partial charge in [0.2, 0.25) is 0 Å². The van der Waals surface area contributed by atoms with E-state index in [-0.39, 0.29) is 0 Å². The Labute approximate surface area is 103 Å². The van der Waals surface area contributed by atoms with Crippen molar-refractivity contribution in [2.45, 2.75) is 55.4 Å². The zero-order valence-corrected chi connectivity index (χ0v) is 12.6. The summed E-state index contributed by atoms with van der Waals surface area (Å²) in [5.41, 5.74) is 0. The summed E-state index contributed by atoms with van der Waals surface area (Å²) in [4.78, 5) is 0. The predicted octanol–water partition coefficient (Wildman–Crippen LogP) is 5.09. The molecular weight excluding hydrogens is 192 g/mol. The zero-order valence-electron chi connectivity index (χ0n) is 12.6. The molecule has 0 aliphatic heterocycles. The van der Waals surface area contributed by atoms with Crippen molar-refractivity contribution in [3.8, 4) is 0 Å². The summed E-state index contributed by atoms with van der Waals surface area (Å²) in [5, 5.41) is 0. The van der Waals surface area contributed by atoms with Crippen LogP contribution in [0, 0.1) is 47.3 Å². The lowest BCUT2D eigenvalue weighted by atomic mass is 9.45. The summed E-state index contributed by atoms with van der Waals surface area (Å²) in [6.45, 7) is 19.4. The molecule has 0 heterocycles. The van der Waals surface area contributed by atoms with E-state index in [0.29, 0.717) is 0 Å². The van der Waals surface area contributed by atoms with Gasteiger partial charge >= 0.3 is 0 Å². The topological polar surface area (TPSA) is 0 Å². The molecule has 0 spiro atoms. The Morgan fingerprint density at radius 2 is 0.500 bits per heavy atom. The van der Waals surface area contributed by atoms with E-state index in [9.17, 15) is 0 Å². The Kier molecular flexibility index (Phi) is 4.49. The first-order valence-electron chi connectivity index (χ1n) is 7.29. The van der Waals surface area contributed by atoms with Crippen molar-refractivity contribution in [3.05, 3.63) is 0 Å². The Hall–Kier alpha value is 0. The predicted molar refractivity (Wildman–Crippen MR) is 73.3 cm³/mol. The number of hydrogen-bond acceptors (Lipinski definition) is 0. The normalized spacial score (nSPS) is 35.2. The molecule has 0 saturated heterocycles. The maximum Gasteiger partial charge on any atom is -0.0324 e. The highest BCUT2D eigenvalue weighted by Gasteiger charge is 2.53. The maximum absolute atomic E-state index is 2.42. The molecule has 0 heteroatoms. The molecule has 1 aliphatic rings. The van der Waals surface area contributed by atoms with E-state index >= 15 is 0 Å². The first-order chi connectivity index (χ1) is 7.29. The lowest BCUT2D eigenvalue weighted by Crippen LogP contribution is -2.55. The highest BCUT2D eigenvalue weighted by Crippen LogP contribution is 2.58. The van der Waals surface area contributed by atoms with Gasteiger partial charge in [0.05, 0.1) is 0 Å². The fourth-order valence-corrected chi connectivity index (χ4v) is 4.44. The Bertz CT molecular complexity index is 156. The largest absolute Gasteiger partial charge is 0.0625 e. The molecule has 0 radical (unpaired) electrons. The molecule has 0 nitrogen and oxygen atoms in total. The minimum absolute atomic E-state index is 0.856. The summed E-state index contributed by atoms with van der Waals surface area (Å²) in [5.74, 6) is 7.29. The first kappa shape index (κ1) is 14.1. The third kappa shape index (κ3) is 2.31. The van der Waals surface area contributed by atoms with Crippen LogP contribution < -0.4 is 0 Å². The van der Waals surface area contributed by atoms with Crippen LogP contribution in [-0.2, 0) is 0 Å². The summed E-state index contributed by atoms with van der Waals surface area (Å²) < 4.78 is 0. The smallest absolute Gasteiger partial charge is 0.0324 e. The third-order valence-electron chi connectivity index (χ3n) is 4.86. The van der Waals surface area contributed by atoms with Crippen molar-refractivity contribution in [1.29, 1.82) is 0 Å². The molecule has 0 aromatic rings. The molecule has 0 amide bonds. The van der Waals surface area contributed by atoms with Gasteiger partial charge in [-0.15, -0.1) is 0 Å². The van der Waals surface area contributed by atoms with Crippen molar-refractivity contribution in [2.24, 2.45) is 47.3 Å². The molecule has 0 atom stereocenters. The highest BCUT2D eigenvalue weighted by molar-refractivity contribution is 5.01. The van der Waals surface area contributed by atoms with E-state index < -0.39 is 0 Å². The van der Waals surface area contributed by atoms with Crippen molar-refractivity contribution < 1.29 is 0 Å². The van der Waals surface area contributed by atoms with Crippen LogP contribution in [0.1, 0.15) is 55.4 Å². The average Bonchev–Trinajstić information content (AvgIpc) is 1.97. The fraction of sp³-hybridized carbons (Fsp3) is 1.00. The van der Waals surface area contributed by atoms with Crippen LogP contribution in [0.5, 0.6) is 0 Å². The van der Waals surface area contributed by atoms with E-state index in [1.165, 1.54) is 0 Å². The molecule has 0 aromatic carbocycles.